The summed E-state index contributed by atoms with van der Waals surface area (Å²) in [5.41, 5.74) is 8.59. The molecular weight excluding hydrogens is 238 g/mol. The molecule has 1 aromatic carbocycles. The Morgan fingerprint density at radius 1 is 1.16 bits per heavy atom. The smallest absolute Gasteiger partial charge is 0.148 e. The van der Waals surface area contributed by atoms with E-state index in [9.17, 15) is 4.79 Å². The molecule has 3 N–H and O–H groups in total. The molecule has 110 valence electrons. The van der Waals surface area contributed by atoms with Crippen molar-refractivity contribution >= 4 is 5.78 Å². The van der Waals surface area contributed by atoms with Crippen LogP contribution in [0.15, 0.2) is 12.1 Å². The quantitative estimate of drug-likeness (QED) is 0.861. The largest absolute Gasteiger partial charge is 0.508 e. The van der Waals surface area contributed by atoms with Crippen LogP contribution in [0, 0.1) is 26.7 Å². The number of phenolic OH excluding ortho intramolecular Hbond substituents is 1. The zero-order valence-corrected chi connectivity index (χ0v) is 13.4. The van der Waals surface area contributed by atoms with Gasteiger partial charge in [0, 0.05) is 5.92 Å². The van der Waals surface area contributed by atoms with Gasteiger partial charge in [0.2, 0.25) is 0 Å². The fourth-order valence-electron chi connectivity index (χ4n) is 1.25. The van der Waals surface area contributed by atoms with E-state index in [0.717, 1.165) is 11.1 Å². The van der Waals surface area contributed by atoms with Gasteiger partial charge in [0.15, 0.2) is 0 Å². The summed E-state index contributed by atoms with van der Waals surface area (Å²) in [6.45, 7) is 13.9. The van der Waals surface area contributed by atoms with Crippen LogP contribution in [0.3, 0.4) is 0 Å². The van der Waals surface area contributed by atoms with Crippen LogP contribution < -0.4 is 5.73 Å². The minimum absolute atomic E-state index is 0.102. The summed E-state index contributed by atoms with van der Waals surface area (Å²) in [7, 11) is 0. The number of nitrogens with two attached hydrogens (primary N) is 1. The normalized spacial score (nSPS) is 9.11. The fraction of sp³-hybridized carbons (Fsp3) is 0.562. The van der Waals surface area contributed by atoms with Gasteiger partial charge in [0.25, 0.3) is 0 Å². The van der Waals surface area contributed by atoms with Gasteiger partial charge in [0.05, 0.1) is 6.54 Å². The molecule has 1 rings (SSSR count). The number of benzene rings is 1. The van der Waals surface area contributed by atoms with E-state index in [-0.39, 0.29) is 18.2 Å². The van der Waals surface area contributed by atoms with Gasteiger partial charge in [-0.3, -0.25) is 4.79 Å². The molecule has 0 heterocycles. The lowest BCUT2D eigenvalue weighted by molar-refractivity contribution is -0.120. The highest BCUT2D eigenvalue weighted by Crippen LogP contribution is 2.18. The topological polar surface area (TPSA) is 63.3 Å². The third-order valence-corrected chi connectivity index (χ3v) is 2.76. The Hall–Kier alpha value is -1.35. The van der Waals surface area contributed by atoms with Crippen molar-refractivity contribution < 1.29 is 9.90 Å². The zero-order chi connectivity index (χ0) is 15.6. The molecule has 0 radical (unpaired) electrons. The number of carbonyl (C=O) groups excluding carboxylic acids is 1. The average molecular weight is 267 g/mol. The Bertz CT molecular complexity index is 361. The third kappa shape index (κ3) is 8.38. The van der Waals surface area contributed by atoms with Crippen LogP contribution in [0.4, 0.5) is 0 Å². The average Bonchev–Trinajstić information content (AvgIpc) is 2.37. The molecule has 0 atom stereocenters. The number of carbonyl (C=O) groups is 1. The van der Waals surface area contributed by atoms with Crippen molar-refractivity contribution in [1.29, 1.82) is 0 Å². The Morgan fingerprint density at radius 3 is 1.74 bits per heavy atom. The Labute approximate surface area is 117 Å². The molecule has 3 heteroatoms. The standard InChI is InChI=1S/C9H12O.C5H11NO.C2H6/c1-6-4-9(10)5-7(2)8(6)3;1-4(2)5(7)3-6;1-2/h4-5,10H,1-3H3;4H,3,6H2,1-2H3;1-2H3. The molecular formula is C16H29NO2. The van der Waals surface area contributed by atoms with Crippen molar-refractivity contribution in [2.24, 2.45) is 11.7 Å². The second-order valence-corrected chi connectivity index (χ2v) is 4.53. The maximum Gasteiger partial charge on any atom is 0.148 e. The molecule has 0 aliphatic heterocycles. The van der Waals surface area contributed by atoms with E-state index < -0.39 is 0 Å². The summed E-state index contributed by atoms with van der Waals surface area (Å²) >= 11 is 0. The van der Waals surface area contributed by atoms with Crippen molar-refractivity contribution in [2.75, 3.05) is 6.54 Å². The second kappa shape index (κ2) is 10.6. The lowest BCUT2D eigenvalue weighted by atomic mass is 10.0. The molecule has 0 saturated heterocycles. The molecule has 19 heavy (non-hydrogen) atoms. The Morgan fingerprint density at radius 2 is 1.53 bits per heavy atom. The molecule has 0 aromatic heterocycles. The fourth-order valence-corrected chi connectivity index (χ4v) is 1.25. The minimum atomic E-state index is 0.102. The maximum atomic E-state index is 10.4. The molecule has 0 unspecified atom stereocenters. The first kappa shape index (κ1) is 20.0. The predicted molar refractivity (Wildman–Crippen MR) is 82.6 cm³/mol. The molecule has 0 aliphatic carbocycles. The van der Waals surface area contributed by atoms with Gasteiger partial charge >= 0.3 is 0 Å². The first-order valence-corrected chi connectivity index (χ1v) is 6.79. The molecule has 0 fully saturated rings. The SMILES string of the molecule is CC.CC(C)C(=O)CN.Cc1cc(O)cc(C)c1C. The summed E-state index contributed by atoms with van der Waals surface area (Å²) in [6, 6.07) is 3.56. The summed E-state index contributed by atoms with van der Waals surface area (Å²) in [5.74, 6) is 0.589. The van der Waals surface area contributed by atoms with Crippen LogP contribution in [-0.4, -0.2) is 17.4 Å². The monoisotopic (exact) mass is 267 g/mol. The molecule has 0 saturated carbocycles. The van der Waals surface area contributed by atoms with Crippen molar-refractivity contribution in [1.82, 2.24) is 0 Å². The van der Waals surface area contributed by atoms with E-state index in [1.165, 1.54) is 5.56 Å². The molecule has 0 amide bonds. The minimum Gasteiger partial charge on any atom is -0.508 e. The summed E-state index contributed by atoms with van der Waals surface area (Å²) < 4.78 is 0. The van der Waals surface area contributed by atoms with Crippen molar-refractivity contribution in [3.8, 4) is 5.75 Å². The van der Waals surface area contributed by atoms with Gasteiger partial charge in [-0.15, -0.1) is 0 Å². The number of rotatable bonds is 2. The van der Waals surface area contributed by atoms with Crippen molar-refractivity contribution in [3.05, 3.63) is 28.8 Å². The van der Waals surface area contributed by atoms with E-state index in [4.69, 9.17) is 10.8 Å². The first-order chi connectivity index (χ1) is 8.79. The Kier molecular flexibility index (Phi) is 11.1. The third-order valence-electron chi connectivity index (χ3n) is 2.76. The van der Waals surface area contributed by atoms with E-state index >= 15 is 0 Å². The second-order valence-electron chi connectivity index (χ2n) is 4.53. The molecule has 0 bridgehead atoms. The summed E-state index contributed by atoms with van der Waals surface area (Å²) in [5, 5.41) is 9.12. The van der Waals surface area contributed by atoms with Crippen LogP contribution in [0.2, 0.25) is 0 Å². The summed E-state index contributed by atoms with van der Waals surface area (Å²) in [4.78, 5) is 10.4. The number of Topliss-reactive ketones (excluding diaryl/α,β-unsaturated/α-hetero) is 1. The number of ketones is 1. The van der Waals surface area contributed by atoms with Crippen LogP contribution in [0.25, 0.3) is 0 Å². The van der Waals surface area contributed by atoms with Crippen LogP contribution in [0.1, 0.15) is 44.4 Å². The van der Waals surface area contributed by atoms with E-state index in [0.29, 0.717) is 5.75 Å². The summed E-state index contributed by atoms with van der Waals surface area (Å²) in [6.07, 6.45) is 0. The van der Waals surface area contributed by atoms with Gasteiger partial charge in [-0.25, -0.2) is 0 Å². The molecule has 3 nitrogen and oxygen atoms in total. The molecule has 1 aromatic rings. The van der Waals surface area contributed by atoms with Gasteiger partial charge in [-0.1, -0.05) is 27.7 Å². The number of hydrogen-bond donors (Lipinski definition) is 2. The number of aromatic hydroxyl groups is 1. The number of hydrogen-bond acceptors (Lipinski definition) is 3. The predicted octanol–water partition coefficient (Wildman–Crippen LogP) is 3.51. The van der Waals surface area contributed by atoms with Gasteiger partial charge in [-0.2, -0.15) is 0 Å². The highest BCUT2D eigenvalue weighted by Gasteiger charge is 2.01. The van der Waals surface area contributed by atoms with Crippen LogP contribution in [-0.2, 0) is 4.79 Å². The van der Waals surface area contributed by atoms with Crippen molar-refractivity contribution in [2.45, 2.75) is 48.5 Å². The van der Waals surface area contributed by atoms with Crippen molar-refractivity contribution in [3.63, 3.8) is 0 Å². The number of phenols is 1. The highest BCUT2D eigenvalue weighted by atomic mass is 16.3. The van der Waals surface area contributed by atoms with Gasteiger partial charge in [-0.05, 0) is 49.6 Å². The van der Waals surface area contributed by atoms with E-state index in [2.05, 4.69) is 6.92 Å². The maximum absolute atomic E-state index is 10.4. The molecule has 0 aliphatic rings. The lowest BCUT2D eigenvalue weighted by Gasteiger charge is -2.03. The van der Waals surface area contributed by atoms with E-state index in [1.54, 1.807) is 12.1 Å². The highest BCUT2D eigenvalue weighted by molar-refractivity contribution is 5.81. The molecule has 0 spiro atoms. The van der Waals surface area contributed by atoms with Crippen LogP contribution in [0.5, 0.6) is 5.75 Å². The number of aryl methyl sites for hydroxylation is 2. The zero-order valence-electron chi connectivity index (χ0n) is 13.4. The Balaban J connectivity index is 0. The lowest BCUT2D eigenvalue weighted by Crippen LogP contribution is -2.18. The van der Waals surface area contributed by atoms with Gasteiger partial charge < -0.3 is 10.8 Å². The first-order valence-electron chi connectivity index (χ1n) is 6.79. The van der Waals surface area contributed by atoms with Gasteiger partial charge in [0.1, 0.15) is 11.5 Å². The van der Waals surface area contributed by atoms with Crippen LogP contribution >= 0.6 is 0 Å². The van der Waals surface area contributed by atoms with E-state index in [1.807, 2.05) is 41.5 Å².